The monoisotopic (exact) mass is 389 g/mol. The molecule has 0 bridgehead atoms. The van der Waals surface area contributed by atoms with Crippen molar-refractivity contribution in [1.82, 2.24) is 15.1 Å². The van der Waals surface area contributed by atoms with Gasteiger partial charge in [-0.25, -0.2) is 0 Å². The molecule has 3 rings (SSSR count). The molecular weight excluding hydrogens is 368 g/mol. The van der Waals surface area contributed by atoms with Gasteiger partial charge in [0.1, 0.15) is 5.75 Å². The van der Waals surface area contributed by atoms with Gasteiger partial charge in [-0.1, -0.05) is 6.07 Å². The number of likely N-dealkylation sites (tertiary alicyclic amines) is 1. The molecule has 1 N–H and O–H groups in total. The maximum absolute atomic E-state index is 12.7. The van der Waals surface area contributed by atoms with Gasteiger partial charge in [-0.2, -0.15) is 8.78 Å². The molecule has 9 heteroatoms. The molecule has 6 nitrogen and oxygen atoms in total. The highest BCUT2D eigenvalue weighted by atomic mass is 35.5. The second-order valence-corrected chi connectivity index (χ2v) is 6.22. The highest BCUT2D eigenvalue weighted by molar-refractivity contribution is 5.94. The maximum atomic E-state index is 12.7. The summed E-state index contributed by atoms with van der Waals surface area (Å²) in [7, 11) is 0. The molecule has 144 valence electrons. The van der Waals surface area contributed by atoms with Gasteiger partial charge in [0.15, 0.2) is 0 Å². The predicted molar refractivity (Wildman–Crippen MR) is 93.8 cm³/mol. The van der Waals surface area contributed by atoms with Crippen molar-refractivity contribution in [2.24, 2.45) is 0 Å². The average molecular weight is 390 g/mol. The topological polar surface area (TPSA) is 61.9 Å². The molecule has 2 amide bonds. The lowest BCUT2D eigenvalue weighted by Crippen LogP contribution is -2.57. The molecule has 1 aromatic rings. The summed E-state index contributed by atoms with van der Waals surface area (Å²) in [6, 6.07) is 5.83. The van der Waals surface area contributed by atoms with Crippen molar-refractivity contribution in [3.05, 3.63) is 29.8 Å². The predicted octanol–water partition coefficient (Wildman–Crippen LogP) is 1.75. The SMILES string of the molecule is Cl.O=C(c1cccc(OC(F)F)c1)N1CCCC(N2CCNCC2=O)C1. The number of benzene rings is 1. The number of piperidine rings is 1. The molecule has 1 aromatic carbocycles. The number of rotatable bonds is 4. The molecule has 0 radical (unpaired) electrons. The Morgan fingerprint density at radius 2 is 2.12 bits per heavy atom. The van der Waals surface area contributed by atoms with Crippen molar-refractivity contribution in [1.29, 1.82) is 0 Å². The zero-order valence-corrected chi connectivity index (χ0v) is 15.0. The van der Waals surface area contributed by atoms with Gasteiger partial charge in [0.05, 0.1) is 6.54 Å². The van der Waals surface area contributed by atoms with Crippen LogP contribution in [0.4, 0.5) is 8.78 Å². The first kappa shape index (κ1) is 20.4. The van der Waals surface area contributed by atoms with Crippen LogP contribution in [0.2, 0.25) is 0 Å². The number of amides is 2. The third kappa shape index (κ3) is 4.82. The normalized spacial score (nSPS) is 20.7. The van der Waals surface area contributed by atoms with Gasteiger partial charge < -0.3 is 19.9 Å². The molecule has 1 unspecified atom stereocenters. The van der Waals surface area contributed by atoms with Gasteiger partial charge in [-0.05, 0) is 31.0 Å². The number of hydrogen-bond acceptors (Lipinski definition) is 4. The van der Waals surface area contributed by atoms with Crippen LogP contribution in [-0.2, 0) is 4.79 Å². The minimum Gasteiger partial charge on any atom is -0.435 e. The highest BCUT2D eigenvalue weighted by Crippen LogP contribution is 2.21. The van der Waals surface area contributed by atoms with Crippen LogP contribution in [0.25, 0.3) is 0 Å². The molecule has 0 spiro atoms. The highest BCUT2D eigenvalue weighted by Gasteiger charge is 2.32. The molecular formula is C17H22ClF2N3O3. The van der Waals surface area contributed by atoms with E-state index in [-0.39, 0.29) is 36.0 Å². The van der Waals surface area contributed by atoms with Gasteiger partial charge in [0.2, 0.25) is 5.91 Å². The molecule has 0 saturated carbocycles. The summed E-state index contributed by atoms with van der Waals surface area (Å²) in [6.45, 7) is -0.146. The van der Waals surface area contributed by atoms with E-state index < -0.39 is 6.61 Å². The number of carbonyl (C=O) groups is 2. The van der Waals surface area contributed by atoms with E-state index in [2.05, 4.69) is 10.1 Å². The van der Waals surface area contributed by atoms with Crippen LogP contribution in [0.5, 0.6) is 5.75 Å². The zero-order chi connectivity index (χ0) is 17.8. The largest absolute Gasteiger partial charge is 0.435 e. The second-order valence-electron chi connectivity index (χ2n) is 6.22. The number of nitrogens with one attached hydrogen (secondary N) is 1. The van der Waals surface area contributed by atoms with E-state index in [0.29, 0.717) is 31.7 Å². The fraction of sp³-hybridized carbons (Fsp3) is 0.529. The van der Waals surface area contributed by atoms with Gasteiger partial charge in [-0.15, -0.1) is 12.4 Å². The van der Waals surface area contributed by atoms with Crippen LogP contribution in [0.1, 0.15) is 23.2 Å². The molecule has 26 heavy (non-hydrogen) atoms. The Balaban J connectivity index is 0.00000243. The molecule has 2 aliphatic rings. The third-order valence-electron chi connectivity index (χ3n) is 4.56. The number of piperazine rings is 1. The average Bonchev–Trinajstić information content (AvgIpc) is 2.61. The van der Waals surface area contributed by atoms with Crippen molar-refractivity contribution in [3.63, 3.8) is 0 Å². The smallest absolute Gasteiger partial charge is 0.387 e. The lowest BCUT2D eigenvalue weighted by molar-refractivity contribution is -0.135. The summed E-state index contributed by atoms with van der Waals surface area (Å²) in [4.78, 5) is 28.3. The Morgan fingerprint density at radius 1 is 1.31 bits per heavy atom. The van der Waals surface area contributed by atoms with Crippen LogP contribution in [0, 0.1) is 0 Å². The maximum Gasteiger partial charge on any atom is 0.387 e. The number of hydrogen-bond donors (Lipinski definition) is 1. The molecule has 0 aromatic heterocycles. The number of nitrogens with zero attached hydrogens (tertiary/aromatic N) is 2. The lowest BCUT2D eigenvalue weighted by atomic mass is 10.0. The summed E-state index contributed by atoms with van der Waals surface area (Å²) >= 11 is 0. The van der Waals surface area contributed by atoms with Crippen molar-refractivity contribution in [3.8, 4) is 5.75 Å². The standard InChI is InChI=1S/C17H21F2N3O3.ClH/c18-17(19)25-14-5-1-3-12(9-14)16(24)21-7-2-4-13(11-21)22-8-6-20-10-15(22)23;/h1,3,5,9,13,17,20H,2,4,6-8,10-11H2;1H. The van der Waals surface area contributed by atoms with E-state index in [1.807, 2.05) is 4.90 Å². The van der Waals surface area contributed by atoms with Crippen molar-refractivity contribution < 1.29 is 23.1 Å². The number of alkyl halides is 2. The summed E-state index contributed by atoms with van der Waals surface area (Å²) in [5.74, 6) is -0.212. The Bertz CT molecular complexity index is 647. The van der Waals surface area contributed by atoms with E-state index in [4.69, 9.17) is 0 Å². The van der Waals surface area contributed by atoms with Crippen LogP contribution in [0.15, 0.2) is 24.3 Å². The molecule has 2 saturated heterocycles. The van der Waals surface area contributed by atoms with E-state index in [9.17, 15) is 18.4 Å². The third-order valence-corrected chi connectivity index (χ3v) is 4.56. The summed E-state index contributed by atoms with van der Waals surface area (Å²) in [5.41, 5.74) is 0.311. The Kier molecular flexibility index (Phi) is 7.16. The Labute approximate surface area is 156 Å². The van der Waals surface area contributed by atoms with Crippen LogP contribution < -0.4 is 10.1 Å². The van der Waals surface area contributed by atoms with Crippen molar-refractivity contribution >= 4 is 24.2 Å². The number of carbonyl (C=O) groups excluding carboxylic acids is 2. The van der Waals surface area contributed by atoms with Gasteiger partial charge in [0.25, 0.3) is 5.91 Å². The zero-order valence-electron chi connectivity index (χ0n) is 14.2. The van der Waals surface area contributed by atoms with Gasteiger partial charge in [-0.3, -0.25) is 9.59 Å². The first-order chi connectivity index (χ1) is 12.0. The van der Waals surface area contributed by atoms with Crippen LogP contribution in [-0.4, -0.2) is 67.0 Å². The minimum atomic E-state index is -2.93. The fourth-order valence-electron chi connectivity index (χ4n) is 3.39. The van der Waals surface area contributed by atoms with Crippen LogP contribution >= 0.6 is 12.4 Å². The Hall–Kier alpha value is -1.93. The van der Waals surface area contributed by atoms with Crippen LogP contribution in [0.3, 0.4) is 0 Å². The summed E-state index contributed by atoms with van der Waals surface area (Å²) in [5, 5.41) is 3.04. The van der Waals surface area contributed by atoms with E-state index in [1.165, 1.54) is 18.2 Å². The summed E-state index contributed by atoms with van der Waals surface area (Å²) < 4.78 is 29.0. The van der Waals surface area contributed by atoms with E-state index in [0.717, 1.165) is 19.4 Å². The van der Waals surface area contributed by atoms with Crippen molar-refractivity contribution in [2.75, 3.05) is 32.7 Å². The second kappa shape index (κ2) is 9.14. The molecule has 2 fully saturated rings. The fourth-order valence-corrected chi connectivity index (χ4v) is 3.39. The first-order valence-electron chi connectivity index (χ1n) is 8.39. The minimum absolute atomic E-state index is 0. The quantitative estimate of drug-likeness (QED) is 0.852. The molecule has 0 aliphatic carbocycles. The van der Waals surface area contributed by atoms with Gasteiger partial charge >= 0.3 is 6.61 Å². The summed E-state index contributed by atoms with van der Waals surface area (Å²) in [6.07, 6.45) is 1.67. The van der Waals surface area contributed by atoms with E-state index in [1.54, 1.807) is 11.0 Å². The number of ether oxygens (including phenoxy) is 1. The molecule has 2 aliphatic heterocycles. The van der Waals surface area contributed by atoms with Gasteiger partial charge in [0, 0.05) is 37.8 Å². The molecule has 2 heterocycles. The Morgan fingerprint density at radius 3 is 2.85 bits per heavy atom. The van der Waals surface area contributed by atoms with Crippen molar-refractivity contribution in [2.45, 2.75) is 25.5 Å². The number of halogens is 3. The molecule has 1 atom stereocenters. The lowest BCUT2D eigenvalue weighted by Gasteiger charge is -2.41. The first-order valence-corrected chi connectivity index (χ1v) is 8.39. The van der Waals surface area contributed by atoms with E-state index >= 15 is 0 Å².